The summed E-state index contributed by atoms with van der Waals surface area (Å²) in [7, 11) is 2.97. The molecule has 6 nitrogen and oxygen atoms in total. The molecule has 1 N–H and O–H groups in total. The Morgan fingerprint density at radius 1 is 1.41 bits per heavy atom. The molecule has 0 bridgehead atoms. The average molecular weight is 239 g/mol. The van der Waals surface area contributed by atoms with Gasteiger partial charge in [0, 0.05) is 19.8 Å². The number of carbonyl (C=O) groups is 1. The van der Waals surface area contributed by atoms with Crippen molar-refractivity contribution in [2.24, 2.45) is 0 Å². The van der Waals surface area contributed by atoms with E-state index >= 15 is 0 Å². The van der Waals surface area contributed by atoms with Crippen LogP contribution in [0.15, 0.2) is 12.4 Å². The third kappa shape index (κ3) is 4.36. The molecular weight excluding hydrogens is 222 g/mol. The minimum absolute atomic E-state index is 0.197. The number of carbonyl (C=O) groups excluding carboxylic acids is 1. The van der Waals surface area contributed by atoms with Gasteiger partial charge in [-0.2, -0.15) is 0 Å². The van der Waals surface area contributed by atoms with Crippen LogP contribution in [0.4, 0.5) is 5.82 Å². The number of ether oxygens (including phenoxy) is 2. The topological polar surface area (TPSA) is 73.3 Å². The second kappa shape index (κ2) is 6.80. The monoisotopic (exact) mass is 239 g/mol. The van der Waals surface area contributed by atoms with Crippen molar-refractivity contribution in [3.63, 3.8) is 0 Å². The number of anilines is 1. The van der Waals surface area contributed by atoms with Gasteiger partial charge < -0.3 is 14.8 Å². The standard InChI is InChI=1S/C11H17N3O3/c1-8(4-5-16-2)14-10-7-12-9(6-13-10)11(15)17-3/h6-8H,4-5H2,1-3H3,(H,13,14). The Morgan fingerprint density at radius 3 is 2.71 bits per heavy atom. The smallest absolute Gasteiger partial charge is 0.358 e. The largest absolute Gasteiger partial charge is 0.464 e. The van der Waals surface area contributed by atoms with Crippen molar-refractivity contribution in [3.8, 4) is 0 Å². The van der Waals surface area contributed by atoms with Gasteiger partial charge in [-0.1, -0.05) is 0 Å². The summed E-state index contributed by atoms with van der Waals surface area (Å²) in [5, 5.41) is 3.16. The number of nitrogens with one attached hydrogen (secondary N) is 1. The first kappa shape index (κ1) is 13.4. The highest BCUT2D eigenvalue weighted by molar-refractivity contribution is 5.86. The molecule has 1 aromatic heterocycles. The number of rotatable bonds is 6. The molecule has 0 saturated heterocycles. The molecule has 0 fully saturated rings. The van der Waals surface area contributed by atoms with Crippen molar-refractivity contribution >= 4 is 11.8 Å². The third-order valence-corrected chi connectivity index (χ3v) is 2.20. The fourth-order valence-corrected chi connectivity index (χ4v) is 1.23. The minimum Gasteiger partial charge on any atom is -0.464 e. The molecule has 0 aliphatic rings. The maximum atomic E-state index is 11.1. The lowest BCUT2D eigenvalue weighted by Crippen LogP contribution is -2.18. The summed E-state index contributed by atoms with van der Waals surface area (Å²) in [4.78, 5) is 19.2. The maximum Gasteiger partial charge on any atom is 0.358 e. The van der Waals surface area contributed by atoms with E-state index in [1.807, 2.05) is 6.92 Å². The van der Waals surface area contributed by atoms with E-state index in [9.17, 15) is 4.79 Å². The molecule has 0 aliphatic carbocycles. The van der Waals surface area contributed by atoms with Crippen molar-refractivity contribution in [3.05, 3.63) is 18.1 Å². The summed E-state index contributed by atoms with van der Waals surface area (Å²) in [5.74, 6) is 0.137. The Labute approximate surface area is 100 Å². The normalized spacial score (nSPS) is 11.9. The van der Waals surface area contributed by atoms with Crippen molar-refractivity contribution in [1.82, 2.24) is 9.97 Å². The van der Waals surface area contributed by atoms with Crippen LogP contribution in [0.25, 0.3) is 0 Å². The molecule has 0 aromatic carbocycles. The lowest BCUT2D eigenvalue weighted by atomic mass is 10.2. The molecular formula is C11H17N3O3. The van der Waals surface area contributed by atoms with E-state index in [1.165, 1.54) is 19.5 Å². The molecule has 6 heteroatoms. The Kier molecular flexibility index (Phi) is 5.35. The molecule has 17 heavy (non-hydrogen) atoms. The van der Waals surface area contributed by atoms with Gasteiger partial charge >= 0.3 is 5.97 Å². The molecule has 1 rings (SSSR count). The lowest BCUT2D eigenvalue weighted by Gasteiger charge is -2.13. The average Bonchev–Trinajstić information content (AvgIpc) is 2.36. The summed E-state index contributed by atoms with van der Waals surface area (Å²) in [6, 6.07) is 0.230. The third-order valence-electron chi connectivity index (χ3n) is 2.20. The van der Waals surface area contributed by atoms with Gasteiger partial charge in [-0.3, -0.25) is 0 Å². The fraction of sp³-hybridized carbons (Fsp3) is 0.545. The second-order valence-electron chi connectivity index (χ2n) is 3.61. The molecule has 0 aliphatic heterocycles. The van der Waals surface area contributed by atoms with Gasteiger partial charge in [0.05, 0.1) is 19.5 Å². The van der Waals surface area contributed by atoms with E-state index in [1.54, 1.807) is 7.11 Å². The Morgan fingerprint density at radius 2 is 2.18 bits per heavy atom. The van der Waals surface area contributed by atoms with Crippen LogP contribution in [-0.2, 0) is 9.47 Å². The van der Waals surface area contributed by atoms with Crippen LogP contribution in [0.2, 0.25) is 0 Å². The summed E-state index contributed by atoms with van der Waals surface area (Å²) in [5.41, 5.74) is 0.197. The first-order valence-electron chi connectivity index (χ1n) is 5.33. The van der Waals surface area contributed by atoms with Crippen LogP contribution in [0.1, 0.15) is 23.8 Å². The lowest BCUT2D eigenvalue weighted by molar-refractivity contribution is 0.0593. The van der Waals surface area contributed by atoms with Gasteiger partial charge in [0.2, 0.25) is 0 Å². The number of esters is 1. The van der Waals surface area contributed by atoms with E-state index in [4.69, 9.17) is 4.74 Å². The molecule has 1 aromatic rings. The zero-order valence-corrected chi connectivity index (χ0v) is 10.3. The number of hydrogen-bond donors (Lipinski definition) is 1. The highest BCUT2D eigenvalue weighted by Crippen LogP contribution is 2.05. The van der Waals surface area contributed by atoms with Gasteiger partial charge in [0.15, 0.2) is 5.69 Å². The zero-order valence-electron chi connectivity index (χ0n) is 10.3. The Balaban J connectivity index is 2.53. The highest BCUT2D eigenvalue weighted by Gasteiger charge is 2.08. The first-order chi connectivity index (χ1) is 8.17. The highest BCUT2D eigenvalue weighted by atomic mass is 16.5. The summed E-state index contributed by atoms with van der Waals surface area (Å²) < 4.78 is 9.51. The van der Waals surface area contributed by atoms with Crippen LogP contribution in [0, 0.1) is 0 Å². The van der Waals surface area contributed by atoms with E-state index in [2.05, 4.69) is 20.0 Å². The van der Waals surface area contributed by atoms with Crippen LogP contribution in [0.3, 0.4) is 0 Å². The fourth-order valence-electron chi connectivity index (χ4n) is 1.23. The molecule has 0 radical (unpaired) electrons. The van der Waals surface area contributed by atoms with Crippen LogP contribution in [0.5, 0.6) is 0 Å². The minimum atomic E-state index is -0.489. The second-order valence-corrected chi connectivity index (χ2v) is 3.61. The number of aromatic nitrogens is 2. The SMILES string of the molecule is COCCC(C)Nc1cnc(C(=O)OC)cn1. The zero-order chi connectivity index (χ0) is 12.7. The number of methoxy groups -OCH3 is 2. The van der Waals surface area contributed by atoms with Gasteiger partial charge in [0.1, 0.15) is 5.82 Å². The molecule has 1 unspecified atom stereocenters. The summed E-state index contributed by atoms with van der Waals surface area (Å²) >= 11 is 0. The quantitative estimate of drug-likeness (QED) is 0.749. The predicted molar refractivity (Wildman–Crippen MR) is 62.9 cm³/mol. The summed E-state index contributed by atoms with van der Waals surface area (Å²) in [6.45, 7) is 2.71. The van der Waals surface area contributed by atoms with Crippen molar-refractivity contribution in [2.45, 2.75) is 19.4 Å². The van der Waals surface area contributed by atoms with Gasteiger partial charge in [0.25, 0.3) is 0 Å². The van der Waals surface area contributed by atoms with E-state index in [-0.39, 0.29) is 11.7 Å². The molecule has 0 saturated carbocycles. The molecule has 1 atom stereocenters. The van der Waals surface area contributed by atoms with Crippen LogP contribution in [-0.4, -0.2) is 42.8 Å². The Bertz CT molecular complexity index is 353. The van der Waals surface area contributed by atoms with Crippen LogP contribution < -0.4 is 5.32 Å². The van der Waals surface area contributed by atoms with Gasteiger partial charge in [-0.25, -0.2) is 14.8 Å². The number of nitrogens with zero attached hydrogens (tertiary/aromatic N) is 2. The van der Waals surface area contributed by atoms with E-state index in [0.717, 1.165) is 6.42 Å². The van der Waals surface area contributed by atoms with E-state index in [0.29, 0.717) is 12.4 Å². The van der Waals surface area contributed by atoms with Crippen LogP contribution >= 0.6 is 0 Å². The number of hydrogen-bond acceptors (Lipinski definition) is 6. The molecule has 0 amide bonds. The van der Waals surface area contributed by atoms with Crippen molar-refractivity contribution in [1.29, 1.82) is 0 Å². The first-order valence-corrected chi connectivity index (χ1v) is 5.33. The predicted octanol–water partition coefficient (Wildman–Crippen LogP) is 1.10. The Hall–Kier alpha value is -1.69. The van der Waals surface area contributed by atoms with Gasteiger partial charge in [-0.15, -0.1) is 0 Å². The molecule has 94 valence electrons. The maximum absolute atomic E-state index is 11.1. The summed E-state index contributed by atoms with van der Waals surface area (Å²) in [6.07, 6.45) is 3.77. The van der Waals surface area contributed by atoms with E-state index < -0.39 is 5.97 Å². The van der Waals surface area contributed by atoms with Crippen molar-refractivity contribution < 1.29 is 14.3 Å². The molecule has 1 heterocycles. The van der Waals surface area contributed by atoms with Crippen molar-refractivity contribution in [2.75, 3.05) is 26.1 Å². The molecule has 0 spiro atoms. The van der Waals surface area contributed by atoms with Gasteiger partial charge in [-0.05, 0) is 13.3 Å².